The summed E-state index contributed by atoms with van der Waals surface area (Å²) in [5.41, 5.74) is 0. The Morgan fingerprint density at radius 2 is 1.88 bits per heavy atom. The molecule has 0 aromatic carbocycles. The van der Waals surface area contributed by atoms with Crippen molar-refractivity contribution in [2.24, 2.45) is 0 Å². The molecule has 2 rings (SSSR count). The second-order valence-electron chi connectivity index (χ2n) is 5.41. The van der Waals surface area contributed by atoms with Crippen molar-refractivity contribution in [2.45, 2.75) is 44.7 Å². The van der Waals surface area contributed by atoms with Gasteiger partial charge in [0.05, 0.1) is 0 Å². The lowest BCUT2D eigenvalue weighted by Crippen LogP contribution is -2.46. The molecule has 0 aliphatic carbocycles. The number of hydrogen-bond donors (Lipinski definition) is 1. The number of likely N-dealkylation sites (tertiary alicyclic amines) is 2. The highest BCUT2D eigenvalue weighted by Crippen LogP contribution is 2.16. The van der Waals surface area contributed by atoms with Crippen molar-refractivity contribution in [3.8, 4) is 0 Å². The van der Waals surface area contributed by atoms with Gasteiger partial charge in [-0.25, -0.2) is 0 Å². The molecule has 1 atom stereocenters. The molecule has 94 valence electrons. The summed E-state index contributed by atoms with van der Waals surface area (Å²) in [5.74, 6) is 0. The summed E-state index contributed by atoms with van der Waals surface area (Å²) in [6, 6.07) is 1.58. The minimum Gasteiger partial charge on any atom is -0.312 e. The molecule has 0 radical (unpaired) electrons. The highest BCUT2D eigenvalue weighted by atomic mass is 15.2. The summed E-state index contributed by atoms with van der Waals surface area (Å²) < 4.78 is 0. The molecule has 0 saturated carbocycles. The maximum Gasteiger partial charge on any atom is 0.0221 e. The molecule has 0 amide bonds. The van der Waals surface area contributed by atoms with Crippen LogP contribution in [0, 0.1) is 0 Å². The summed E-state index contributed by atoms with van der Waals surface area (Å²) in [7, 11) is 2.23. The van der Waals surface area contributed by atoms with Gasteiger partial charge in [-0.15, -0.1) is 0 Å². The third-order valence-electron chi connectivity index (χ3n) is 4.27. The van der Waals surface area contributed by atoms with Gasteiger partial charge in [0.1, 0.15) is 0 Å². The largest absolute Gasteiger partial charge is 0.312 e. The lowest BCUT2D eigenvalue weighted by molar-refractivity contribution is 0.212. The van der Waals surface area contributed by atoms with Crippen LogP contribution in [0.2, 0.25) is 0 Å². The average molecular weight is 225 g/mol. The van der Waals surface area contributed by atoms with E-state index in [1.807, 2.05) is 0 Å². The molecule has 3 nitrogen and oxygen atoms in total. The fraction of sp³-hybridized carbons (Fsp3) is 1.00. The maximum atomic E-state index is 3.78. The summed E-state index contributed by atoms with van der Waals surface area (Å²) in [6.07, 6.45) is 5.45. The van der Waals surface area contributed by atoms with Crippen LogP contribution in [0.1, 0.15) is 32.6 Å². The van der Waals surface area contributed by atoms with Crippen LogP contribution in [0.15, 0.2) is 0 Å². The molecule has 0 aromatic rings. The van der Waals surface area contributed by atoms with Gasteiger partial charge < -0.3 is 10.2 Å². The van der Waals surface area contributed by atoms with Crippen LogP contribution >= 0.6 is 0 Å². The summed E-state index contributed by atoms with van der Waals surface area (Å²) >= 11 is 0. The van der Waals surface area contributed by atoms with Gasteiger partial charge in [0.2, 0.25) is 0 Å². The fourth-order valence-electron chi connectivity index (χ4n) is 3.06. The molecule has 2 heterocycles. The van der Waals surface area contributed by atoms with Gasteiger partial charge >= 0.3 is 0 Å². The van der Waals surface area contributed by atoms with Gasteiger partial charge in [0, 0.05) is 18.6 Å². The second kappa shape index (κ2) is 5.99. The first-order valence-corrected chi connectivity index (χ1v) is 6.95. The summed E-state index contributed by atoms with van der Waals surface area (Å²) in [6.45, 7) is 8.56. The van der Waals surface area contributed by atoms with Crippen LogP contribution in [-0.4, -0.2) is 61.7 Å². The van der Waals surface area contributed by atoms with Gasteiger partial charge in [-0.1, -0.05) is 6.92 Å². The summed E-state index contributed by atoms with van der Waals surface area (Å²) in [4.78, 5) is 5.06. The average Bonchev–Trinajstić information content (AvgIpc) is 2.76. The first-order chi connectivity index (χ1) is 7.79. The lowest BCUT2D eigenvalue weighted by Gasteiger charge is -2.31. The molecule has 16 heavy (non-hydrogen) atoms. The van der Waals surface area contributed by atoms with Gasteiger partial charge in [0.15, 0.2) is 0 Å². The van der Waals surface area contributed by atoms with Crippen molar-refractivity contribution in [1.29, 1.82) is 0 Å². The topological polar surface area (TPSA) is 18.5 Å². The highest BCUT2D eigenvalue weighted by Gasteiger charge is 2.24. The van der Waals surface area contributed by atoms with Crippen molar-refractivity contribution in [1.82, 2.24) is 15.1 Å². The molecule has 2 saturated heterocycles. The van der Waals surface area contributed by atoms with E-state index >= 15 is 0 Å². The Labute approximate surface area is 100 Å². The fourth-order valence-corrected chi connectivity index (χ4v) is 3.06. The molecular formula is C13H27N3. The smallest absolute Gasteiger partial charge is 0.0221 e. The normalized spacial score (nSPS) is 30.0. The monoisotopic (exact) mass is 225 g/mol. The molecule has 2 aliphatic rings. The molecule has 3 heteroatoms. The third-order valence-corrected chi connectivity index (χ3v) is 4.27. The quantitative estimate of drug-likeness (QED) is 0.774. The van der Waals surface area contributed by atoms with E-state index in [1.165, 1.54) is 58.4 Å². The van der Waals surface area contributed by atoms with E-state index in [0.29, 0.717) is 0 Å². The van der Waals surface area contributed by atoms with Crippen molar-refractivity contribution in [2.75, 3.05) is 39.8 Å². The predicted octanol–water partition coefficient (Wildman–Crippen LogP) is 1.15. The van der Waals surface area contributed by atoms with Crippen LogP contribution in [-0.2, 0) is 0 Å². The number of hydrogen-bond acceptors (Lipinski definition) is 3. The van der Waals surface area contributed by atoms with E-state index in [9.17, 15) is 0 Å². The van der Waals surface area contributed by atoms with E-state index in [4.69, 9.17) is 0 Å². The number of piperidine rings is 1. The zero-order valence-corrected chi connectivity index (χ0v) is 10.9. The molecule has 0 spiro atoms. The van der Waals surface area contributed by atoms with Gasteiger partial charge in [-0.05, 0) is 58.9 Å². The Morgan fingerprint density at radius 3 is 2.56 bits per heavy atom. The van der Waals surface area contributed by atoms with Crippen LogP contribution in [0.25, 0.3) is 0 Å². The lowest BCUT2D eigenvalue weighted by atomic mass is 10.1. The molecule has 0 aromatic heterocycles. The van der Waals surface area contributed by atoms with Crippen LogP contribution in [0.4, 0.5) is 0 Å². The number of likely N-dealkylation sites (N-methyl/N-ethyl adjacent to an activating group) is 1. The Kier molecular flexibility index (Phi) is 4.62. The van der Waals surface area contributed by atoms with Crippen LogP contribution in [0.5, 0.6) is 0 Å². The second-order valence-corrected chi connectivity index (χ2v) is 5.41. The van der Waals surface area contributed by atoms with E-state index < -0.39 is 0 Å². The highest BCUT2D eigenvalue weighted by molar-refractivity contribution is 4.83. The molecule has 0 bridgehead atoms. The number of nitrogens with zero attached hydrogens (tertiary/aromatic N) is 2. The Hall–Kier alpha value is -0.120. The summed E-state index contributed by atoms with van der Waals surface area (Å²) in [5, 5.41) is 3.78. The van der Waals surface area contributed by atoms with Crippen molar-refractivity contribution in [3.05, 3.63) is 0 Å². The zero-order valence-electron chi connectivity index (χ0n) is 10.9. The van der Waals surface area contributed by atoms with Crippen LogP contribution in [0.3, 0.4) is 0 Å². The number of nitrogens with one attached hydrogen (secondary N) is 1. The van der Waals surface area contributed by atoms with Gasteiger partial charge in [0.25, 0.3) is 0 Å². The van der Waals surface area contributed by atoms with E-state index in [1.54, 1.807) is 0 Å². The minimum absolute atomic E-state index is 0.774. The van der Waals surface area contributed by atoms with Gasteiger partial charge in [-0.3, -0.25) is 4.90 Å². The minimum atomic E-state index is 0.774. The van der Waals surface area contributed by atoms with Crippen molar-refractivity contribution in [3.63, 3.8) is 0 Å². The first kappa shape index (κ1) is 12.3. The molecule has 2 aliphatic heterocycles. The predicted molar refractivity (Wildman–Crippen MR) is 68.8 cm³/mol. The third kappa shape index (κ3) is 3.19. The zero-order chi connectivity index (χ0) is 11.4. The Bertz CT molecular complexity index is 199. The first-order valence-electron chi connectivity index (χ1n) is 6.95. The van der Waals surface area contributed by atoms with Crippen molar-refractivity contribution >= 4 is 0 Å². The Balaban J connectivity index is 1.67. The molecular weight excluding hydrogens is 198 g/mol. The van der Waals surface area contributed by atoms with Gasteiger partial charge in [-0.2, -0.15) is 0 Å². The standard InChI is InChI=1S/C13H27N3/c1-3-16-8-4-5-13(16)11-14-12-6-9-15(2)10-7-12/h12-14H,3-11H2,1-2H3. The van der Waals surface area contributed by atoms with Crippen molar-refractivity contribution < 1.29 is 0 Å². The Morgan fingerprint density at radius 1 is 1.12 bits per heavy atom. The van der Waals surface area contributed by atoms with E-state index in [2.05, 4.69) is 29.1 Å². The SMILES string of the molecule is CCN1CCCC1CNC1CCN(C)CC1. The number of rotatable bonds is 4. The molecule has 1 N–H and O–H groups in total. The molecule has 2 fully saturated rings. The van der Waals surface area contributed by atoms with E-state index in [-0.39, 0.29) is 0 Å². The van der Waals surface area contributed by atoms with E-state index in [0.717, 1.165) is 12.1 Å². The van der Waals surface area contributed by atoms with Crippen LogP contribution < -0.4 is 5.32 Å². The maximum absolute atomic E-state index is 3.78. The molecule has 1 unspecified atom stereocenters.